The second-order valence-electron chi connectivity index (χ2n) is 4.96. The van der Waals surface area contributed by atoms with E-state index in [1.54, 1.807) is 0 Å². The van der Waals surface area contributed by atoms with Crippen molar-refractivity contribution in [3.8, 4) is 0 Å². The molecule has 0 amide bonds. The molecule has 0 aliphatic carbocycles. The minimum Gasteiger partial charge on any atom is -0.394 e. The first-order valence-corrected chi connectivity index (χ1v) is 6.33. The maximum atomic E-state index is 9.21. The first-order valence-electron chi connectivity index (χ1n) is 6.33. The molecule has 0 aromatic rings. The molecule has 96 valence electrons. The molecule has 3 N–H and O–H groups in total. The van der Waals surface area contributed by atoms with E-state index in [2.05, 4.69) is 11.8 Å². The number of aliphatic hydroxyl groups excluding tert-OH is 1. The molecule has 16 heavy (non-hydrogen) atoms. The van der Waals surface area contributed by atoms with Gasteiger partial charge in [0.15, 0.2) is 0 Å². The van der Waals surface area contributed by atoms with Crippen LogP contribution in [0.15, 0.2) is 0 Å². The predicted molar refractivity (Wildman–Crippen MR) is 65.4 cm³/mol. The third kappa shape index (κ3) is 4.37. The van der Waals surface area contributed by atoms with E-state index in [1.165, 1.54) is 0 Å². The largest absolute Gasteiger partial charge is 0.394 e. The number of morpholine rings is 1. The fourth-order valence-corrected chi connectivity index (χ4v) is 2.12. The van der Waals surface area contributed by atoms with Crippen LogP contribution in [-0.4, -0.2) is 54.5 Å². The van der Waals surface area contributed by atoms with Crippen LogP contribution in [0.4, 0.5) is 0 Å². The molecule has 1 rings (SSSR count). The van der Waals surface area contributed by atoms with Crippen LogP contribution in [0.5, 0.6) is 0 Å². The number of ether oxygens (including phenoxy) is 1. The number of aliphatic hydroxyl groups is 1. The lowest BCUT2D eigenvalue weighted by Crippen LogP contribution is -2.45. The molecule has 2 atom stereocenters. The molecule has 0 aromatic carbocycles. The van der Waals surface area contributed by atoms with Crippen LogP contribution < -0.4 is 5.73 Å². The monoisotopic (exact) mass is 230 g/mol. The van der Waals surface area contributed by atoms with Crippen LogP contribution in [0.2, 0.25) is 0 Å². The van der Waals surface area contributed by atoms with Gasteiger partial charge in [0, 0.05) is 18.6 Å². The van der Waals surface area contributed by atoms with Crippen molar-refractivity contribution in [1.29, 1.82) is 0 Å². The Labute approximate surface area is 98.8 Å². The molecule has 4 heteroatoms. The quantitative estimate of drug-likeness (QED) is 0.701. The molecule has 1 fully saturated rings. The van der Waals surface area contributed by atoms with Gasteiger partial charge in [0.05, 0.1) is 19.3 Å². The second-order valence-corrected chi connectivity index (χ2v) is 4.96. The van der Waals surface area contributed by atoms with E-state index in [9.17, 15) is 5.11 Å². The Bertz CT molecular complexity index is 195. The molecule has 1 aliphatic rings. The summed E-state index contributed by atoms with van der Waals surface area (Å²) in [4.78, 5) is 2.42. The van der Waals surface area contributed by atoms with E-state index in [0.29, 0.717) is 6.10 Å². The summed E-state index contributed by atoms with van der Waals surface area (Å²) in [7, 11) is 0. The Morgan fingerprint density at radius 2 is 2.31 bits per heavy atom. The summed E-state index contributed by atoms with van der Waals surface area (Å²) in [5.74, 6) is 0. The molecule has 0 spiro atoms. The van der Waals surface area contributed by atoms with Gasteiger partial charge in [-0.15, -0.1) is 0 Å². The first kappa shape index (κ1) is 13.9. The van der Waals surface area contributed by atoms with Crippen LogP contribution in [0.25, 0.3) is 0 Å². The Balaban J connectivity index is 2.19. The van der Waals surface area contributed by atoms with E-state index in [0.717, 1.165) is 45.5 Å². The fraction of sp³-hybridized carbons (Fsp3) is 1.00. The van der Waals surface area contributed by atoms with E-state index in [1.807, 2.05) is 6.92 Å². The third-order valence-electron chi connectivity index (χ3n) is 3.49. The van der Waals surface area contributed by atoms with Gasteiger partial charge in [-0.1, -0.05) is 6.92 Å². The van der Waals surface area contributed by atoms with Crippen LogP contribution in [0, 0.1) is 0 Å². The minimum absolute atomic E-state index is 0.0863. The normalized spacial score (nSPS) is 26.6. The average molecular weight is 230 g/mol. The minimum atomic E-state index is -0.377. The molecule has 0 aromatic heterocycles. The first-order chi connectivity index (χ1) is 7.59. The predicted octanol–water partition coefficient (Wildman–Crippen LogP) is 0.587. The zero-order valence-electron chi connectivity index (χ0n) is 10.6. The third-order valence-corrected chi connectivity index (χ3v) is 3.49. The Kier molecular flexibility index (Phi) is 5.69. The van der Waals surface area contributed by atoms with Crippen molar-refractivity contribution in [2.45, 2.75) is 44.8 Å². The zero-order chi connectivity index (χ0) is 12.0. The van der Waals surface area contributed by atoms with Crippen LogP contribution in [-0.2, 0) is 4.74 Å². The van der Waals surface area contributed by atoms with Crippen LogP contribution in [0.3, 0.4) is 0 Å². The lowest BCUT2D eigenvalue weighted by molar-refractivity contribution is -0.0192. The molecule has 2 unspecified atom stereocenters. The van der Waals surface area contributed by atoms with Crippen LogP contribution >= 0.6 is 0 Å². The summed E-state index contributed by atoms with van der Waals surface area (Å²) in [5, 5.41) is 9.21. The maximum absolute atomic E-state index is 9.21. The lowest BCUT2D eigenvalue weighted by atomic mass is 9.92. The molecule has 0 bridgehead atoms. The van der Waals surface area contributed by atoms with E-state index < -0.39 is 0 Å². The van der Waals surface area contributed by atoms with Crippen molar-refractivity contribution in [3.63, 3.8) is 0 Å². The molecule has 0 radical (unpaired) electrons. The standard InChI is InChI=1S/C12H26N2O2/c1-3-12(13,10-15)5-4-6-14-7-8-16-11(2)9-14/h11,15H,3-10,13H2,1-2H3. The van der Waals surface area contributed by atoms with Gasteiger partial charge in [0.1, 0.15) is 0 Å². The van der Waals surface area contributed by atoms with Crippen molar-refractivity contribution < 1.29 is 9.84 Å². The summed E-state index contributed by atoms with van der Waals surface area (Å²) in [6.07, 6.45) is 3.13. The highest BCUT2D eigenvalue weighted by atomic mass is 16.5. The van der Waals surface area contributed by atoms with Crippen molar-refractivity contribution in [3.05, 3.63) is 0 Å². The second kappa shape index (κ2) is 6.55. The summed E-state index contributed by atoms with van der Waals surface area (Å²) < 4.78 is 5.49. The van der Waals surface area contributed by atoms with E-state index in [-0.39, 0.29) is 12.1 Å². The van der Waals surface area contributed by atoms with Gasteiger partial charge in [0.25, 0.3) is 0 Å². The van der Waals surface area contributed by atoms with Crippen molar-refractivity contribution in [2.24, 2.45) is 5.73 Å². The van der Waals surface area contributed by atoms with Gasteiger partial charge >= 0.3 is 0 Å². The van der Waals surface area contributed by atoms with Gasteiger partial charge in [0.2, 0.25) is 0 Å². The van der Waals surface area contributed by atoms with Crippen molar-refractivity contribution >= 4 is 0 Å². The topological polar surface area (TPSA) is 58.7 Å². The van der Waals surface area contributed by atoms with Gasteiger partial charge in [-0.3, -0.25) is 4.90 Å². The van der Waals surface area contributed by atoms with Gasteiger partial charge in [-0.2, -0.15) is 0 Å². The SMILES string of the molecule is CCC(N)(CO)CCCN1CCOC(C)C1. The van der Waals surface area contributed by atoms with E-state index >= 15 is 0 Å². The Hall–Kier alpha value is -0.160. The molecule has 1 heterocycles. The molecule has 1 saturated heterocycles. The molecule has 4 nitrogen and oxygen atoms in total. The maximum Gasteiger partial charge on any atom is 0.0674 e. The summed E-state index contributed by atoms with van der Waals surface area (Å²) in [6.45, 7) is 8.17. The van der Waals surface area contributed by atoms with Gasteiger partial charge in [-0.05, 0) is 32.7 Å². The number of nitrogens with two attached hydrogens (primary N) is 1. The number of rotatable bonds is 6. The number of hydrogen-bond donors (Lipinski definition) is 2. The summed E-state index contributed by atoms with van der Waals surface area (Å²) in [5.41, 5.74) is 5.67. The molecule has 0 saturated carbocycles. The smallest absolute Gasteiger partial charge is 0.0674 e. The molecular formula is C12H26N2O2. The lowest BCUT2D eigenvalue weighted by Gasteiger charge is -2.32. The van der Waals surface area contributed by atoms with Gasteiger partial charge in [-0.25, -0.2) is 0 Å². The summed E-state index contributed by atoms with van der Waals surface area (Å²) >= 11 is 0. The van der Waals surface area contributed by atoms with Crippen molar-refractivity contribution in [1.82, 2.24) is 4.90 Å². The Morgan fingerprint density at radius 3 is 2.88 bits per heavy atom. The number of hydrogen-bond acceptors (Lipinski definition) is 4. The molecular weight excluding hydrogens is 204 g/mol. The highest BCUT2D eigenvalue weighted by Gasteiger charge is 2.22. The average Bonchev–Trinajstić information content (AvgIpc) is 2.29. The fourth-order valence-electron chi connectivity index (χ4n) is 2.12. The van der Waals surface area contributed by atoms with Crippen LogP contribution in [0.1, 0.15) is 33.1 Å². The van der Waals surface area contributed by atoms with Gasteiger partial charge < -0.3 is 15.6 Å². The summed E-state index contributed by atoms with van der Waals surface area (Å²) in [6, 6.07) is 0. The zero-order valence-corrected chi connectivity index (χ0v) is 10.6. The highest BCUT2D eigenvalue weighted by Crippen LogP contribution is 2.14. The Morgan fingerprint density at radius 1 is 1.56 bits per heavy atom. The van der Waals surface area contributed by atoms with Crippen molar-refractivity contribution in [2.75, 3.05) is 32.8 Å². The molecule has 1 aliphatic heterocycles. The van der Waals surface area contributed by atoms with E-state index in [4.69, 9.17) is 10.5 Å². The highest BCUT2D eigenvalue weighted by molar-refractivity contribution is 4.82. The number of nitrogens with zero attached hydrogens (tertiary/aromatic N) is 1.